The molecule has 0 aliphatic carbocycles. The fourth-order valence-electron chi connectivity index (χ4n) is 2.48. The summed E-state index contributed by atoms with van der Waals surface area (Å²) in [5.41, 5.74) is 1.40. The Balaban J connectivity index is 2.47. The summed E-state index contributed by atoms with van der Waals surface area (Å²) in [6.07, 6.45) is 1.08. The number of hydrogen-bond acceptors (Lipinski definition) is 3. The Kier molecular flexibility index (Phi) is 9.29. The maximum atomic E-state index is 5.36. The maximum absolute atomic E-state index is 5.36. The molecule has 0 fully saturated rings. The van der Waals surface area contributed by atoms with Crippen LogP contribution in [0.25, 0.3) is 0 Å². The van der Waals surface area contributed by atoms with Crippen LogP contribution in [0.3, 0.4) is 0 Å². The van der Waals surface area contributed by atoms with Gasteiger partial charge in [0.05, 0.1) is 0 Å². The molecule has 0 aliphatic heterocycles. The molecule has 20 heavy (non-hydrogen) atoms. The second kappa shape index (κ2) is 10.8. The minimum Gasteiger partial charge on any atom is -0.382 e. The van der Waals surface area contributed by atoms with Gasteiger partial charge in [-0.15, -0.1) is 0 Å². The second-order valence-electron chi connectivity index (χ2n) is 4.90. The van der Waals surface area contributed by atoms with Crippen molar-refractivity contribution in [1.29, 1.82) is 0 Å². The number of nitrogens with one attached hydrogen (secondary N) is 1. The monoisotopic (exact) mass is 278 g/mol. The topological polar surface area (TPSA) is 24.5 Å². The van der Waals surface area contributed by atoms with E-state index in [1.165, 1.54) is 5.56 Å². The lowest BCUT2D eigenvalue weighted by Crippen LogP contribution is -2.36. The zero-order valence-corrected chi connectivity index (χ0v) is 13.3. The SMILES string of the molecule is CCOCCCNCC(c1ccccc1)N(CC)CC. The van der Waals surface area contributed by atoms with E-state index in [4.69, 9.17) is 4.74 Å². The van der Waals surface area contributed by atoms with Gasteiger partial charge in [-0.3, -0.25) is 4.90 Å². The van der Waals surface area contributed by atoms with E-state index in [9.17, 15) is 0 Å². The number of nitrogens with zero attached hydrogens (tertiary/aromatic N) is 1. The van der Waals surface area contributed by atoms with Crippen LogP contribution >= 0.6 is 0 Å². The molecular weight excluding hydrogens is 248 g/mol. The number of likely N-dealkylation sites (N-methyl/N-ethyl adjacent to an activating group) is 1. The van der Waals surface area contributed by atoms with Gasteiger partial charge in [0.15, 0.2) is 0 Å². The molecule has 0 aromatic heterocycles. The minimum absolute atomic E-state index is 0.457. The average molecular weight is 278 g/mol. The van der Waals surface area contributed by atoms with Crippen LogP contribution in [0.2, 0.25) is 0 Å². The first kappa shape index (κ1) is 17.2. The highest BCUT2D eigenvalue weighted by Gasteiger charge is 2.16. The third kappa shape index (κ3) is 6.04. The molecule has 0 spiro atoms. The highest BCUT2D eigenvalue weighted by Crippen LogP contribution is 2.19. The highest BCUT2D eigenvalue weighted by molar-refractivity contribution is 5.19. The van der Waals surface area contributed by atoms with E-state index in [-0.39, 0.29) is 0 Å². The van der Waals surface area contributed by atoms with Crippen LogP contribution in [0.4, 0.5) is 0 Å². The van der Waals surface area contributed by atoms with E-state index in [0.29, 0.717) is 6.04 Å². The Labute approximate surface area is 124 Å². The van der Waals surface area contributed by atoms with Crippen molar-refractivity contribution in [3.63, 3.8) is 0 Å². The summed E-state index contributed by atoms with van der Waals surface area (Å²) >= 11 is 0. The van der Waals surface area contributed by atoms with Crippen molar-refractivity contribution in [2.24, 2.45) is 0 Å². The Morgan fingerprint density at radius 3 is 2.40 bits per heavy atom. The normalized spacial score (nSPS) is 12.8. The van der Waals surface area contributed by atoms with E-state index in [0.717, 1.165) is 45.8 Å². The first-order chi connectivity index (χ1) is 9.83. The smallest absolute Gasteiger partial charge is 0.0477 e. The van der Waals surface area contributed by atoms with Crippen molar-refractivity contribution < 1.29 is 4.74 Å². The van der Waals surface area contributed by atoms with Gasteiger partial charge in [0.1, 0.15) is 0 Å². The molecular formula is C17H30N2O. The molecule has 1 N–H and O–H groups in total. The summed E-state index contributed by atoms with van der Waals surface area (Å²) in [5.74, 6) is 0. The van der Waals surface area contributed by atoms with Crippen molar-refractivity contribution in [1.82, 2.24) is 10.2 Å². The third-order valence-corrected chi connectivity index (χ3v) is 3.62. The summed E-state index contributed by atoms with van der Waals surface area (Å²) in [4.78, 5) is 2.50. The van der Waals surface area contributed by atoms with Crippen LogP contribution in [0.15, 0.2) is 30.3 Å². The van der Waals surface area contributed by atoms with Gasteiger partial charge in [0, 0.05) is 25.8 Å². The molecule has 0 bridgehead atoms. The summed E-state index contributed by atoms with van der Waals surface area (Å²) < 4.78 is 5.36. The quantitative estimate of drug-likeness (QED) is 0.630. The maximum Gasteiger partial charge on any atom is 0.0477 e. The lowest BCUT2D eigenvalue weighted by molar-refractivity contribution is 0.143. The molecule has 114 valence electrons. The Morgan fingerprint density at radius 2 is 1.80 bits per heavy atom. The summed E-state index contributed by atoms with van der Waals surface area (Å²) in [7, 11) is 0. The fraction of sp³-hybridized carbons (Fsp3) is 0.647. The van der Waals surface area contributed by atoms with E-state index < -0.39 is 0 Å². The summed E-state index contributed by atoms with van der Waals surface area (Å²) in [6, 6.07) is 11.2. The Hall–Kier alpha value is -0.900. The van der Waals surface area contributed by atoms with Gasteiger partial charge in [0.2, 0.25) is 0 Å². The summed E-state index contributed by atoms with van der Waals surface area (Å²) in [5, 5.41) is 3.57. The highest BCUT2D eigenvalue weighted by atomic mass is 16.5. The molecule has 0 saturated carbocycles. The van der Waals surface area contributed by atoms with Crippen LogP contribution < -0.4 is 5.32 Å². The molecule has 0 radical (unpaired) electrons. The van der Waals surface area contributed by atoms with Crippen LogP contribution in [0.1, 0.15) is 38.8 Å². The van der Waals surface area contributed by atoms with Crippen molar-refractivity contribution in [3.05, 3.63) is 35.9 Å². The molecule has 1 unspecified atom stereocenters. The van der Waals surface area contributed by atoms with Gasteiger partial charge in [-0.05, 0) is 38.5 Å². The van der Waals surface area contributed by atoms with Crippen LogP contribution in [0.5, 0.6) is 0 Å². The Bertz CT molecular complexity index is 325. The second-order valence-corrected chi connectivity index (χ2v) is 4.90. The molecule has 1 atom stereocenters. The standard InChI is InChI=1S/C17H30N2O/c1-4-19(5-2)17(16-11-8-7-9-12-16)15-18-13-10-14-20-6-3/h7-9,11-12,17-18H,4-6,10,13-15H2,1-3H3. The van der Waals surface area contributed by atoms with E-state index in [1.807, 2.05) is 6.92 Å². The molecule has 3 nitrogen and oxygen atoms in total. The molecule has 0 amide bonds. The first-order valence-corrected chi connectivity index (χ1v) is 7.90. The van der Waals surface area contributed by atoms with E-state index >= 15 is 0 Å². The first-order valence-electron chi connectivity index (χ1n) is 7.90. The van der Waals surface area contributed by atoms with Crippen LogP contribution in [0, 0.1) is 0 Å². The van der Waals surface area contributed by atoms with Gasteiger partial charge < -0.3 is 10.1 Å². The zero-order chi connectivity index (χ0) is 14.6. The van der Waals surface area contributed by atoms with Gasteiger partial charge in [-0.1, -0.05) is 44.2 Å². The van der Waals surface area contributed by atoms with Crippen LogP contribution in [-0.4, -0.2) is 44.3 Å². The van der Waals surface area contributed by atoms with Crippen molar-refractivity contribution in [2.45, 2.75) is 33.2 Å². The third-order valence-electron chi connectivity index (χ3n) is 3.62. The largest absolute Gasteiger partial charge is 0.382 e. The molecule has 0 aliphatic rings. The predicted octanol–water partition coefficient (Wildman–Crippen LogP) is 3.09. The van der Waals surface area contributed by atoms with E-state index in [1.54, 1.807) is 0 Å². The summed E-state index contributed by atoms with van der Waals surface area (Å²) in [6.45, 7) is 12.3. The van der Waals surface area contributed by atoms with Crippen molar-refractivity contribution in [2.75, 3.05) is 39.4 Å². The number of hydrogen-bond donors (Lipinski definition) is 1. The Morgan fingerprint density at radius 1 is 1.10 bits per heavy atom. The molecule has 1 aromatic carbocycles. The van der Waals surface area contributed by atoms with Gasteiger partial charge in [-0.2, -0.15) is 0 Å². The van der Waals surface area contributed by atoms with Gasteiger partial charge in [-0.25, -0.2) is 0 Å². The van der Waals surface area contributed by atoms with E-state index in [2.05, 4.69) is 54.4 Å². The lowest BCUT2D eigenvalue weighted by Gasteiger charge is -2.30. The number of benzene rings is 1. The van der Waals surface area contributed by atoms with Gasteiger partial charge >= 0.3 is 0 Å². The fourth-order valence-corrected chi connectivity index (χ4v) is 2.48. The van der Waals surface area contributed by atoms with Crippen LogP contribution in [-0.2, 0) is 4.74 Å². The lowest BCUT2D eigenvalue weighted by atomic mass is 10.1. The average Bonchev–Trinajstić information content (AvgIpc) is 2.50. The molecule has 0 heterocycles. The van der Waals surface area contributed by atoms with Gasteiger partial charge in [0.25, 0.3) is 0 Å². The zero-order valence-electron chi connectivity index (χ0n) is 13.3. The molecule has 0 saturated heterocycles. The van der Waals surface area contributed by atoms with Crippen molar-refractivity contribution >= 4 is 0 Å². The predicted molar refractivity (Wildman–Crippen MR) is 86.1 cm³/mol. The number of ether oxygens (including phenoxy) is 1. The number of rotatable bonds is 11. The molecule has 1 aromatic rings. The minimum atomic E-state index is 0.457. The molecule has 1 rings (SSSR count). The van der Waals surface area contributed by atoms with Crippen molar-refractivity contribution in [3.8, 4) is 0 Å². The molecule has 3 heteroatoms.